The molecule has 1 aromatic heterocycles. The van der Waals surface area contributed by atoms with E-state index in [0.717, 1.165) is 17.0 Å². The second-order valence-electron chi connectivity index (χ2n) is 7.30. The van der Waals surface area contributed by atoms with Gasteiger partial charge in [-0.2, -0.15) is 10.4 Å². The van der Waals surface area contributed by atoms with Crippen molar-refractivity contribution in [3.8, 4) is 17.6 Å². The second-order valence-corrected chi connectivity index (χ2v) is 7.30. The average Bonchev–Trinajstić information content (AvgIpc) is 3.07. The van der Waals surface area contributed by atoms with Crippen molar-refractivity contribution in [1.82, 2.24) is 15.1 Å². The molecular weight excluding hydrogens is 412 g/mol. The highest BCUT2D eigenvalue weighted by molar-refractivity contribution is 5.78. The van der Waals surface area contributed by atoms with Crippen molar-refractivity contribution in [2.75, 3.05) is 21.3 Å². The Morgan fingerprint density at radius 1 is 1.19 bits per heavy atom. The summed E-state index contributed by atoms with van der Waals surface area (Å²) in [6.07, 6.45) is 1.10. The minimum absolute atomic E-state index is 0.0120. The highest BCUT2D eigenvalue weighted by atomic mass is 16.5. The van der Waals surface area contributed by atoms with Crippen LogP contribution >= 0.6 is 0 Å². The maximum Gasteiger partial charge on any atom is 0.307 e. The van der Waals surface area contributed by atoms with E-state index < -0.39 is 12.0 Å². The Morgan fingerprint density at radius 2 is 1.91 bits per heavy atom. The second kappa shape index (κ2) is 11.7. The monoisotopic (exact) mass is 442 g/mol. The Hall–Kier alpha value is -3.54. The summed E-state index contributed by atoms with van der Waals surface area (Å²) in [5.41, 5.74) is 3.50. The fraction of sp³-hybridized carbons (Fsp3) is 0.478. The van der Waals surface area contributed by atoms with Crippen LogP contribution in [0.3, 0.4) is 0 Å². The molecule has 0 fully saturated rings. The fourth-order valence-electron chi connectivity index (χ4n) is 3.55. The van der Waals surface area contributed by atoms with Crippen LogP contribution in [0.5, 0.6) is 11.5 Å². The molecule has 0 aliphatic carbocycles. The van der Waals surface area contributed by atoms with E-state index in [2.05, 4.69) is 16.5 Å². The number of nitrogens with one attached hydrogen (secondary N) is 1. The van der Waals surface area contributed by atoms with Gasteiger partial charge in [-0.25, -0.2) is 0 Å². The van der Waals surface area contributed by atoms with Crippen LogP contribution < -0.4 is 14.8 Å². The van der Waals surface area contributed by atoms with Crippen LogP contribution in [0.25, 0.3) is 0 Å². The molecule has 1 unspecified atom stereocenters. The molecule has 0 aliphatic rings. The molecule has 0 bridgehead atoms. The number of ether oxygens (including phenoxy) is 3. The van der Waals surface area contributed by atoms with Crippen molar-refractivity contribution in [2.45, 2.75) is 52.1 Å². The highest BCUT2D eigenvalue weighted by Gasteiger charge is 2.21. The molecule has 1 atom stereocenters. The zero-order valence-corrected chi connectivity index (χ0v) is 19.2. The first-order valence-corrected chi connectivity index (χ1v) is 10.3. The van der Waals surface area contributed by atoms with Crippen LogP contribution in [0.15, 0.2) is 18.2 Å². The lowest BCUT2D eigenvalue weighted by atomic mass is 10.0. The molecule has 9 heteroatoms. The van der Waals surface area contributed by atoms with Crippen LogP contribution in [-0.2, 0) is 27.3 Å². The van der Waals surface area contributed by atoms with Gasteiger partial charge in [0.25, 0.3) is 0 Å². The maximum absolute atomic E-state index is 12.8. The molecule has 1 aromatic carbocycles. The minimum atomic E-state index is -0.574. The summed E-state index contributed by atoms with van der Waals surface area (Å²) in [7, 11) is 4.37. The summed E-state index contributed by atoms with van der Waals surface area (Å²) in [5, 5.41) is 16.2. The molecular formula is C23H30N4O5. The van der Waals surface area contributed by atoms with E-state index in [1.54, 1.807) is 22.9 Å². The average molecular weight is 443 g/mol. The molecule has 1 amide bonds. The molecule has 0 saturated heterocycles. The number of nitrogens with zero attached hydrogens (tertiary/aromatic N) is 3. The number of esters is 1. The lowest BCUT2D eigenvalue weighted by molar-refractivity contribution is -0.141. The zero-order valence-electron chi connectivity index (χ0n) is 19.2. The molecule has 1 N–H and O–H groups in total. The van der Waals surface area contributed by atoms with Gasteiger partial charge in [0.2, 0.25) is 5.91 Å². The summed E-state index contributed by atoms with van der Waals surface area (Å²) in [4.78, 5) is 24.7. The normalized spacial score (nSPS) is 11.4. The number of methoxy groups -OCH3 is 3. The summed E-state index contributed by atoms with van der Waals surface area (Å²) in [6, 6.07) is 6.79. The number of aromatic nitrogens is 2. The number of rotatable bonds is 11. The third-order valence-electron chi connectivity index (χ3n) is 5.31. The number of amides is 1. The van der Waals surface area contributed by atoms with Crippen LogP contribution in [-0.4, -0.2) is 43.0 Å². The number of hydrogen-bond donors (Lipinski definition) is 1. The van der Waals surface area contributed by atoms with E-state index in [4.69, 9.17) is 19.5 Å². The predicted octanol–water partition coefficient (Wildman–Crippen LogP) is 2.78. The summed E-state index contributed by atoms with van der Waals surface area (Å²) in [6.45, 7) is 4.36. The van der Waals surface area contributed by atoms with Crippen molar-refractivity contribution in [3.63, 3.8) is 0 Å². The molecule has 9 nitrogen and oxygen atoms in total. The van der Waals surface area contributed by atoms with E-state index in [-0.39, 0.29) is 18.7 Å². The first-order chi connectivity index (χ1) is 15.3. The summed E-state index contributed by atoms with van der Waals surface area (Å²) >= 11 is 0. The minimum Gasteiger partial charge on any atom is -0.493 e. The summed E-state index contributed by atoms with van der Waals surface area (Å²) in [5.74, 6) is 0.428. The van der Waals surface area contributed by atoms with E-state index in [1.165, 1.54) is 21.3 Å². The molecule has 0 saturated carbocycles. The Bertz CT molecular complexity index is 993. The molecule has 2 aromatic rings. The molecule has 0 spiro atoms. The van der Waals surface area contributed by atoms with Gasteiger partial charge < -0.3 is 19.5 Å². The maximum atomic E-state index is 12.8. The standard InChI is InChI=1S/C23H30N4O5/c1-15-18(16(2)27(26-15)12-6-11-24)8-10-22(28)25-19(14-23(29)32-5)17-7-9-20(30-3)21(13-17)31-4/h7,9,13,19H,6,8,10,12,14H2,1-5H3,(H,25,28). The van der Waals surface area contributed by atoms with Crippen molar-refractivity contribution in [3.05, 3.63) is 40.7 Å². The van der Waals surface area contributed by atoms with Crippen molar-refractivity contribution < 1.29 is 23.8 Å². The van der Waals surface area contributed by atoms with Gasteiger partial charge in [0.1, 0.15) is 0 Å². The van der Waals surface area contributed by atoms with Gasteiger partial charge in [0.15, 0.2) is 11.5 Å². The van der Waals surface area contributed by atoms with E-state index in [0.29, 0.717) is 36.4 Å². The van der Waals surface area contributed by atoms with Crippen molar-refractivity contribution >= 4 is 11.9 Å². The third kappa shape index (κ3) is 6.23. The van der Waals surface area contributed by atoms with Gasteiger partial charge >= 0.3 is 5.97 Å². The Morgan fingerprint density at radius 3 is 2.53 bits per heavy atom. The zero-order chi connectivity index (χ0) is 23.7. The largest absolute Gasteiger partial charge is 0.493 e. The number of nitriles is 1. The van der Waals surface area contributed by atoms with E-state index >= 15 is 0 Å². The highest BCUT2D eigenvalue weighted by Crippen LogP contribution is 2.31. The number of benzene rings is 1. The van der Waals surface area contributed by atoms with E-state index in [1.807, 2.05) is 13.8 Å². The van der Waals surface area contributed by atoms with Crippen LogP contribution in [0, 0.1) is 25.2 Å². The van der Waals surface area contributed by atoms with Gasteiger partial charge in [-0.1, -0.05) is 6.07 Å². The fourth-order valence-corrected chi connectivity index (χ4v) is 3.55. The molecule has 32 heavy (non-hydrogen) atoms. The smallest absolute Gasteiger partial charge is 0.307 e. The molecule has 0 aliphatic heterocycles. The SMILES string of the molecule is COC(=O)CC(NC(=O)CCc1c(C)nn(CCC#N)c1C)c1ccc(OC)c(OC)c1. The Labute approximate surface area is 188 Å². The summed E-state index contributed by atoms with van der Waals surface area (Å²) < 4.78 is 17.2. The lowest BCUT2D eigenvalue weighted by Crippen LogP contribution is -2.30. The van der Waals surface area contributed by atoms with Crippen molar-refractivity contribution in [2.24, 2.45) is 0 Å². The third-order valence-corrected chi connectivity index (χ3v) is 5.31. The number of aryl methyl sites for hydroxylation is 2. The van der Waals surface area contributed by atoms with Crippen molar-refractivity contribution in [1.29, 1.82) is 5.26 Å². The van der Waals surface area contributed by atoms with Gasteiger partial charge in [-0.15, -0.1) is 0 Å². The van der Waals surface area contributed by atoms with Crippen LogP contribution in [0.2, 0.25) is 0 Å². The number of hydrogen-bond acceptors (Lipinski definition) is 7. The first kappa shape index (κ1) is 24.7. The van der Waals surface area contributed by atoms with Gasteiger partial charge in [-0.3, -0.25) is 14.3 Å². The van der Waals surface area contributed by atoms with E-state index in [9.17, 15) is 9.59 Å². The van der Waals surface area contributed by atoms with Gasteiger partial charge in [0.05, 0.1) is 58.5 Å². The topological polar surface area (TPSA) is 115 Å². The lowest BCUT2D eigenvalue weighted by Gasteiger charge is -2.20. The number of carbonyl (C=O) groups is 2. The van der Waals surface area contributed by atoms with Crippen LogP contribution in [0.1, 0.15) is 47.8 Å². The van der Waals surface area contributed by atoms with Gasteiger partial charge in [-0.05, 0) is 43.5 Å². The molecule has 1 heterocycles. The van der Waals surface area contributed by atoms with Crippen LogP contribution in [0.4, 0.5) is 0 Å². The Kier molecular flexibility index (Phi) is 9.08. The Balaban J connectivity index is 2.14. The van der Waals surface area contributed by atoms with Gasteiger partial charge in [0, 0.05) is 12.1 Å². The molecule has 0 radical (unpaired) electrons. The molecule has 172 valence electrons. The first-order valence-electron chi connectivity index (χ1n) is 10.3. The predicted molar refractivity (Wildman–Crippen MR) is 117 cm³/mol. The quantitative estimate of drug-likeness (QED) is 0.532. The number of carbonyl (C=O) groups excluding carboxylic acids is 2. The molecule has 2 rings (SSSR count).